The molecule has 1 aromatic carbocycles. The van der Waals surface area contributed by atoms with Gasteiger partial charge in [-0.15, -0.1) is 0 Å². The summed E-state index contributed by atoms with van der Waals surface area (Å²) in [6, 6.07) is 5.80. The molecule has 0 amide bonds. The maximum atomic E-state index is 9.53. The van der Waals surface area contributed by atoms with E-state index in [0.29, 0.717) is 17.4 Å². The highest BCUT2D eigenvalue weighted by atomic mass is 16.5. The molecule has 0 radical (unpaired) electrons. The van der Waals surface area contributed by atoms with Gasteiger partial charge in [-0.25, -0.2) is 0 Å². The van der Waals surface area contributed by atoms with Crippen LogP contribution in [0.5, 0.6) is 11.5 Å². The van der Waals surface area contributed by atoms with Crippen molar-refractivity contribution in [1.82, 2.24) is 0 Å². The minimum Gasteiger partial charge on any atom is -0.493 e. The molecule has 0 aromatic heterocycles. The Hall–Kier alpha value is -1.48. The highest BCUT2D eigenvalue weighted by molar-refractivity contribution is 5.69. The summed E-state index contributed by atoms with van der Waals surface area (Å²) in [5.41, 5.74) is 2.15. The van der Waals surface area contributed by atoms with Crippen LogP contribution in [0.25, 0.3) is 5.57 Å². The van der Waals surface area contributed by atoms with Gasteiger partial charge >= 0.3 is 0 Å². The van der Waals surface area contributed by atoms with Crippen LogP contribution < -0.4 is 9.47 Å². The van der Waals surface area contributed by atoms with Crippen molar-refractivity contribution < 1.29 is 14.6 Å². The normalized spacial score (nSPS) is 13.6. The Balaban J connectivity index is 3.22. The lowest BCUT2D eigenvalue weighted by Gasteiger charge is -2.15. The minimum atomic E-state index is -0.463. The average Bonchev–Trinajstić information content (AvgIpc) is 2.34. The van der Waals surface area contributed by atoms with E-state index >= 15 is 0 Å². The Morgan fingerprint density at radius 3 is 2.17 bits per heavy atom. The van der Waals surface area contributed by atoms with Crippen LogP contribution in [-0.4, -0.2) is 25.4 Å². The third kappa shape index (κ3) is 3.50. The Bertz CT molecular complexity index is 420. The topological polar surface area (TPSA) is 38.7 Å². The zero-order valence-electron chi connectivity index (χ0n) is 11.7. The Labute approximate surface area is 109 Å². The van der Waals surface area contributed by atoms with Crippen molar-refractivity contribution in [1.29, 1.82) is 0 Å². The molecule has 0 saturated carbocycles. The lowest BCUT2D eigenvalue weighted by atomic mass is 9.93. The third-order valence-corrected chi connectivity index (χ3v) is 2.76. The highest BCUT2D eigenvalue weighted by Crippen LogP contribution is 2.32. The molecule has 3 heteroatoms. The lowest BCUT2D eigenvalue weighted by molar-refractivity contribution is 0.244. The highest BCUT2D eigenvalue weighted by Gasteiger charge is 2.11. The molecule has 0 saturated heterocycles. The monoisotopic (exact) mass is 250 g/mol. The summed E-state index contributed by atoms with van der Waals surface area (Å²) in [5.74, 6) is 1.74. The number of rotatable bonds is 5. The molecule has 3 nitrogen and oxygen atoms in total. The Morgan fingerprint density at radius 1 is 1.11 bits per heavy atom. The van der Waals surface area contributed by atoms with Crippen LogP contribution in [0.2, 0.25) is 0 Å². The zero-order valence-corrected chi connectivity index (χ0v) is 11.7. The summed E-state index contributed by atoms with van der Waals surface area (Å²) < 4.78 is 10.5. The summed E-state index contributed by atoms with van der Waals surface area (Å²) in [6.45, 7) is 5.96. The summed E-state index contributed by atoms with van der Waals surface area (Å²) >= 11 is 0. The smallest absolute Gasteiger partial charge is 0.161 e. The molecular formula is C15H22O3. The number of aliphatic hydroxyl groups is 1. The first-order valence-electron chi connectivity index (χ1n) is 6.11. The molecule has 1 atom stereocenters. The van der Waals surface area contributed by atoms with Crippen molar-refractivity contribution in [2.75, 3.05) is 14.2 Å². The fourth-order valence-electron chi connectivity index (χ4n) is 1.90. The van der Waals surface area contributed by atoms with Crippen molar-refractivity contribution in [3.05, 3.63) is 29.8 Å². The Morgan fingerprint density at radius 2 is 1.72 bits per heavy atom. The van der Waals surface area contributed by atoms with Crippen LogP contribution in [0.4, 0.5) is 0 Å². The van der Waals surface area contributed by atoms with E-state index in [0.717, 1.165) is 11.1 Å². The van der Waals surface area contributed by atoms with Crippen LogP contribution >= 0.6 is 0 Å². The summed E-state index contributed by atoms with van der Waals surface area (Å²) in [7, 11) is 3.24. The molecule has 100 valence electrons. The predicted molar refractivity (Wildman–Crippen MR) is 74.0 cm³/mol. The molecule has 1 aromatic rings. The first kappa shape index (κ1) is 14.6. The van der Waals surface area contributed by atoms with E-state index < -0.39 is 6.10 Å². The van der Waals surface area contributed by atoms with Gasteiger partial charge in [-0.3, -0.25) is 0 Å². The molecule has 0 aliphatic carbocycles. The number of hydrogen-bond acceptors (Lipinski definition) is 3. The van der Waals surface area contributed by atoms with Crippen LogP contribution in [0.1, 0.15) is 26.3 Å². The number of benzene rings is 1. The van der Waals surface area contributed by atoms with Gasteiger partial charge in [0.2, 0.25) is 0 Å². The van der Waals surface area contributed by atoms with Gasteiger partial charge in [0.25, 0.3) is 0 Å². The second-order valence-electron chi connectivity index (χ2n) is 4.59. The van der Waals surface area contributed by atoms with Crippen molar-refractivity contribution in [3.8, 4) is 11.5 Å². The van der Waals surface area contributed by atoms with Crippen molar-refractivity contribution in [3.63, 3.8) is 0 Å². The first-order chi connectivity index (χ1) is 8.49. The number of methoxy groups -OCH3 is 2. The summed E-state index contributed by atoms with van der Waals surface area (Å²) in [6.07, 6.45) is 1.40. The van der Waals surface area contributed by atoms with Crippen molar-refractivity contribution in [2.24, 2.45) is 5.92 Å². The van der Waals surface area contributed by atoms with Gasteiger partial charge in [0.15, 0.2) is 11.5 Å². The first-order valence-corrected chi connectivity index (χ1v) is 6.11. The van der Waals surface area contributed by atoms with Gasteiger partial charge < -0.3 is 14.6 Å². The van der Waals surface area contributed by atoms with E-state index in [9.17, 15) is 5.11 Å². The molecule has 0 heterocycles. The number of allylic oxidation sites excluding steroid dienone is 1. The van der Waals surface area contributed by atoms with E-state index in [1.165, 1.54) is 0 Å². The van der Waals surface area contributed by atoms with Crippen molar-refractivity contribution in [2.45, 2.75) is 26.9 Å². The number of ether oxygens (including phenoxy) is 2. The molecular weight excluding hydrogens is 228 g/mol. The fourth-order valence-corrected chi connectivity index (χ4v) is 1.90. The minimum absolute atomic E-state index is 0.331. The van der Waals surface area contributed by atoms with Crippen LogP contribution in [0, 0.1) is 5.92 Å². The van der Waals surface area contributed by atoms with E-state index in [-0.39, 0.29) is 0 Å². The number of hydrogen-bond donors (Lipinski definition) is 1. The van der Waals surface area contributed by atoms with E-state index in [2.05, 4.69) is 13.8 Å². The molecule has 0 fully saturated rings. The summed E-state index contributed by atoms with van der Waals surface area (Å²) in [5, 5.41) is 9.53. The SMILES string of the molecule is COc1ccc(/C(=C\C(C)O)C(C)C)cc1OC. The second kappa shape index (κ2) is 6.45. The van der Waals surface area contributed by atoms with E-state index in [1.54, 1.807) is 21.1 Å². The maximum absolute atomic E-state index is 9.53. The van der Waals surface area contributed by atoms with E-state index in [1.807, 2.05) is 24.3 Å². The molecule has 1 unspecified atom stereocenters. The van der Waals surface area contributed by atoms with Gasteiger partial charge in [0.1, 0.15) is 0 Å². The lowest BCUT2D eigenvalue weighted by Crippen LogP contribution is -2.01. The second-order valence-corrected chi connectivity index (χ2v) is 4.59. The fraction of sp³-hybridized carbons (Fsp3) is 0.467. The predicted octanol–water partition coefficient (Wildman–Crippen LogP) is 3.12. The van der Waals surface area contributed by atoms with E-state index in [4.69, 9.17) is 9.47 Å². The average molecular weight is 250 g/mol. The zero-order chi connectivity index (χ0) is 13.7. The van der Waals surface area contributed by atoms with Gasteiger partial charge in [-0.05, 0) is 36.1 Å². The molecule has 0 aliphatic heterocycles. The quantitative estimate of drug-likeness (QED) is 0.872. The molecule has 0 aliphatic rings. The van der Waals surface area contributed by atoms with Crippen LogP contribution in [-0.2, 0) is 0 Å². The van der Waals surface area contributed by atoms with Gasteiger partial charge in [0, 0.05) is 0 Å². The van der Waals surface area contributed by atoms with Gasteiger partial charge in [0.05, 0.1) is 20.3 Å². The van der Waals surface area contributed by atoms with Crippen molar-refractivity contribution >= 4 is 5.57 Å². The van der Waals surface area contributed by atoms with Crippen LogP contribution in [0.15, 0.2) is 24.3 Å². The third-order valence-electron chi connectivity index (χ3n) is 2.76. The standard InChI is InChI=1S/C15H22O3/c1-10(2)13(8-11(3)16)12-6-7-14(17-4)15(9-12)18-5/h6-11,16H,1-5H3/b13-8-. The maximum Gasteiger partial charge on any atom is 0.161 e. The molecule has 0 spiro atoms. The molecule has 1 rings (SSSR count). The molecule has 0 bridgehead atoms. The largest absolute Gasteiger partial charge is 0.493 e. The Kier molecular flexibility index (Phi) is 5.23. The van der Waals surface area contributed by atoms with Gasteiger partial charge in [-0.1, -0.05) is 26.0 Å². The van der Waals surface area contributed by atoms with Gasteiger partial charge in [-0.2, -0.15) is 0 Å². The molecule has 1 N–H and O–H groups in total. The number of aliphatic hydroxyl groups excluding tert-OH is 1. The van der Waals surface area contributed by atoms with Crippen LogP contribution in [0.3, 0.4) is 0 Å². The summed E-state index contributed by atoms with van der Waals surface area (Å²) in [4.78, 5) is 0. The molecule has 18 heavy (non-hydrogen) atoms.